The molecule has 0 unspecified atom stereocenters. The molecule has 0 saturated carbocycles. The second-order valence-corrected chi connectivity index (χ2v) is 6.85. The van der Waals surface area contributed by atoms with Gasteiger partial charge in [0.1, 0.15) is 17.4 Å². The average molecular weight is 362 g/mol. The highest BCUT2D eigenvalue weighted by Crippen LogP contribution is 2.32. The summed E-state index contributed by atoms with van der Waals surface area (Å²) in [5.74, 6) is 0.0351. The van der Waals surface area contributed by atoms with Gasteiger partial charge in [0.15, 0.2) is 0 Å². The van der Waals surface area contributed by atoms with E-state index in [9.17, 15) is 8.78 Å². The van der Waals surface area contributed by atoms with Crippen LogP contribution in [-0.2, 0) is 6.54 Å². The molecule has 0 fully saturated rings. The highest BCUT2D eigenvalue weighted by Gasteiger charge is 2.16. The first-order valence-electron chi connectivity index (χ1n) is 9.24. The van der Waals surface area contributed by atoms with Crippen LogP contribution in [-0.4, -0.2) is 17.6 Å². The Bertz CT molecular complexity index is 719. The Labute approximate surface area is 154 Å². The molecule has 0 amide bonds. The lowest BCUT2D eigenvalue weighted by molar-refractivity contribution is 0.309. The zero-order chi connectivity index (χ0) is 19.1. The lowest BCUT2D eigenvalue weighted by Gasteiger charge is -2.18. The molecule has 1 aromatic carbocycles. The summed E-state index contributed by atoms with van der Waals surface area (Å²) in [5.41, 5.74) is 0.935. The minimum Gasteiger partial charge on any atom is -0.493 e. The summed E-state index contributed by atoms with van der Waals surface area (Å²) in [5, 5.41) is 3.26. The van der Waals surface area contributed by atoms with Gasteiger partial charge in [-0.25, -0.2) is 13.8 Å². The van der Waals surface area contributed by atoms with Crippen LogP contribution in [0, 0.1) is 17.6 Å². The predicted molar refractivity (Wildman–Crippen MR) is 101 cm³/mol. The third kappa shape index (κ3) is 5.24. The van der Waals surface area contributed by atoms with Crippen LogP contribution in [0.5, 0.6) is 5.75 Å². The molecule has 2 rings (SSSR count). The molecule has 0 spiro atoms. The van der Waals surface area contributed by atoms with Crippen molar-refractivity contribution in [2.24, 2.45) is 5.92 Å². The smallest absolute Gasteiger partial charge is 0.146 e. The van der Waals surface area contributed by atoms with Crippen molar-refractivity contribution in [3.05, 3.63) is 47.7 Å². The van der Waals surface area contributed by atoms with Gasteiger partial charge in [-0.2, -0.15) is 0 Å². The van der Waals surface area contributed by atoms with Crippen molar-refractivity contribution in [3.63, 3.8) is 0 Å². The van der Waals surface area contributed by atoms with Crippen LogP contribution >= 0.6 is 0 Å². The Kier molecular flexibility index (Phi) is 7.51. The Morgan fingerprint density at radius 2 is 1.85 bits per heavy atom. The maximum Gasteiger partial charge on any atom is 0.146 e. The fraction of sp³-hybridized carbons (Fsp3) is 0.476. The van der Waals surface area contributed by atoms with E-state index in [0.717, 1.165) is 12.8 Å². The van der Waals surface area contributed by atoms with Gasteiger partial charge in [-0.15, -0.1) is 0 Å². The normalized spacial score (nSPS) is 12.4. The lowest BCUT2D eigenvalue weighted by atomic mass is 10.1. The van der Waals surface area contributed by atoms with Crippen LogP contribution in [0.3, 0.4) is 0 Å². The predicted octanol–water partition coefficient (Wildman–Crippen LogP) is 5.34. The zero-order valence-corrected chi connectivity index (χ0v) is 16.0. The minimum atomic E-state index is -0.424. The summed E-state index contributed by atoms with van der Waals surface area (Å²) in [6, 6.07) is 7.75. The molecule has 1 N–H and O–H groups in total. The zero-order valence-electron chi connectivity index (χ0n) is 16.0. The van der Waals surface area contributed by atoms with Gasteiger partial charge in [-0.1, -0.05) is 33.3 Å². The largest absolute Gasteiger partial charge is 0.493 e. The summed E-state index contributed by atoms with van der Waals surface area (Å²) in [6.45, 7) is 9.10. The van der Waals surface area contributed by atoms with Crippen LogP contribution in [0.25, 0.3) is 11.3 Å². The number of nitrogens with one attached hydrogen (secondary N) is 1. The summed E-state index contributed by atoms with van der Waals surface area (Å²) >= 11 is 0. The maximum absolute atomic E-state index is 14.5. The number of ether oxygens (including phenoxy) is 1. The number of rotatable bonds is 9. The third-order valence-electron chi connectivity index (χ3n) is 4.50. The Hall–Kier alpha value is -2.01. The topological polar surface area (TPSA) is 34.1 Å². The van der Waals surface area contributed by atoms with Gasteiger partial charge in [0.05, 0.1) is 23.6 Å². The van der Waals surface area contributed by atoms with Crippen molar-refractivity contribution in [1.82, 2.24) is 10.3 Å². The fourth-order valence-electron chi connectivity index (χ4n) is 2.44. The molecular weight excluding hydrogens is 334 g/mol. The number of aromatic nitrogens is 1. The van der Waals surface area contributed by atoms with Crippen LogP contribution in [0.1, 0.15) is 46.2 Å². The van der Waals surface area contributed by atoms with Crippen LogP contribution < -0.4 is 10.1 Å². The number of hydrogen-bond acceptors (Lipinski definition) is 3. The molecule has 5 heteroatoms. The highest BCUT2D eigenvalue weighted by atomic mass is 19.1. The summed E-state index contributed by atoms with van der Waals surface area (Å²) in [6.07, 6.45) is 1.87. The number of benzene rings is 1. The molecule has 0 radical (unpaired) electrons. The molecular formula is C21H28F2N2O. The van der Waals surface area contributed by atoms with E-state index in [1.54, 1.807) is 12.1 Å². The summed E-state index contributed by atoms with van der Waals surface area (Å²) in [7, 11) is 0. The van der Waals surface area contributed by atoms with E-state index in [4.69, 9.17) is 4.74 Å². The fourth-order valence-corrected chi connectivity index (χ4v) is 2.44. The molecule has 1 aromatic heterocycles. The van der Waals surface area contributed by atoms with Crippen LogP contribution in [0.15, 0.2) is 30.3 Å². The molecule has 1 heterocycles. The monoisotopic (exact) mass is 362 g/mol. The van der Waals surface area contributed by atoms with Crippen molar-refractivity contribution in [2.75, 3.05) is 6.61 Å². The number of unbranched alkanes of at least 4 members (excludes halogenated alkanes) is 1. The lowest BCUT2D eigenvalue weighted by Crippen LogP contribution is -2.30. The third-order valence-corrected chi connectivity index (χ3v) is 4.50. The van der Waals surface area contributed by atoms with Crippen molar-refractivity contribution < 1.29 is 13.5 Å². The first-order chi connectivity index (χ1) is 12.4. The molecule has 3 nitrogen and oxygen atoms in total. The van der Waals surface area contributed by atoms with Crippen molar-refractivity contribution in [1.29, 1.82) is 0 Å². The van der Waals surface area contributed by atoms with E-state index in [2.05, 4.69) is 31.1 Å². The van der Waals surface area contributed by atoms with Gasteiger partial charge < -0.3 is 10.1 Å². The minimum absolute atomic E-state index is 0.223. The molecule has 0 aliphatic heterocycles. The van der Waals surface area contributed by atoms with E-state index in [1.807, 2.05) is 6.92 Å². The maximum atomic E-state index is 14.5. The molecule has 142 valence electrons. The first-order valence-corrected chi connectivity index (χ1v) is 9.24. The van der Waals surface area contributed by atoms with Gasteiger partial charge in [0.2, 0.25) is 0 Å². The van der Waals surface area contributed by atoms with Crippen molar-refractivity contribution in [2.45, 2.75) is 53.1 Å². The van der Waals surface area contributed by atoms with E-state index in [1.165, 1.54) is 18.2 Å². The quantitative estimate of drug-likeness (QED) is 0.612. The van der Waals surface area contributed by atoms with Crippen LogP contribution in [0.4, 0.5) is 8.78 Å². The SMILES string of the molecule is CCCCOc1cccc(F)c1-c1ccc(F)c(CN[C@H](C)C(C)C)n1. The molecule has 0 aliphatic carbocycles. The number of halogens is 2. The highest BCUT2D eigenvalue weighted by molar-refractivity contribution is 5.68. The van der Waals surface area contributed by atoms with E-state index in [-0.39, 0.29) is 17.3 Å². The van der Waals surface area contributed by atoms with Gasteiger partial charge >= 0.3 is 0 Å². The molecule has 2 aromatic rings. The molecule has 26 heavy (non-hydrogen) atoms. The second-order valence-electron chi connectivity index (χ2n) is 6.85. The molecule has 1 atom stereocenters. The van der Waals surface area contributed by atoms with Gasteiger partial charge in [-0.05, 0) is 43.5 Å². The number of nitrogens with zero attached hydrogens (tertiary/aromatic N) is 1. The first kappa shape index (κ1) is 20.3. The average Bonchev–Trinajstić information content (AvgIpc) is 2.61. The molecule has 0 bridgehead atoms. The molecule has 0 aliphatic rings. The number of hydrogen-bond donors (Lipinski definition) is 1. The van der Waals surface area contributed by atoms with Gasteiger partial charge in [-0.3, -0.25) is 0 Å². The van der Waals surface area contributed by atoms with Crippen LogP contribution in [0.2, 0.25) is 0 Å². The molecule has 0 saturated heterocycles. The summed E-state index contributed by atoms with van der Waals surface area (Å²) in [4.78, 5) is 4.37. The van der Waals surface area contributed by atoms with Crippen molar-refractivity contribution >= 4 is 0 Å². The number of pyridine rings is 1. The Balaban J connectivity index is 2.30. The summed E-state index contributed by atoms with van der Waals surface area (Å²) < 4.78 is 34.3. The standard InChI is InChI=1S/C21H28F2N2O/c1-5-6-12-26-20-9-7-8-17(23)21(20)18-11-10-16(22)19(25-18)13-24-15(4)14(2)3/h7-11,14-15,24H,5-6,12-13H2,1-4H3/t15-/m1/s1. The van der Waals surface area contributed by atoms with Crippen molar-refractivity contribution in [3.8, 4) is 17.0 Å². The van der Waals surface area contributed by atoms with Gasteiger partial charge in [0, 0.05) is 12.6 Å². The second kappa shape index (κ2) is 9.62. The van der Waals surface area contributed by atoms with E-state index < -0.39 is 11.6 Å². The van der Waals surface area contributed by atoms with E-state index in [0.29, 0.717) is 30.5 Å². The Morgan fingerprint density at radius 3 is 2.54 bits per heavy atom. The van der Waals surface area contributed by atoms with Gasteiger partial charge in [0.25, 0.3) is 0 Å². The van der Waals surface area contributed by atoms with E-state index >= 15 is 0 Å². The Morgan fingerprint density at radius 1 is 1.08 bits per heavy atom.